The second kappa shape index (κ2) is 7.65. The molecule has 4 nitrogen and oxygen atoms in total. The molecule has 0 saturated heterocycles. The fourth-order valence-electron chi connectivity index (χ4n) is 1.24. The van der Waals surface area contributed by atoms with Crippen LogP contribution in [-0.4, -0.2) is 36.1 Å². The molecule has 0 unspecified atom stereocenters. The summed E-state index contributed by atoms with van der Waals surface area (Å²) < 4.78 is 40.0. The molecular weight excluding hydrogens is 267 g/mol. The van der Waals surface area contributed by atoms with Crippen molar-refractivity contribution < 1.29 is 17.9 Å². The van der Waals surface area contributed by atoms with Gasteiger partial charge in [-0.1, -0.05) is 18.3 Å². The van der Waals surface area contributed by atoms with Crippen LogP contribution in [0.5, 0.6) is 0 Å². The summed E-state index contributed by atoms with van der Waals surface area (Å²) in [4.78, 5) is 0. The molecule has 0 spiro atoms. The molecule has 0 aromatic carbocycles. The number of hydrogen-bond donors (Lipinski definition) is 1. The Kier molecular flexibility index (Phi) is 6.51. The van der Waals surface area contributed by atoms with Crippen molar-refractivity contribution in [2.45, 2.75) is 32.5 Å². The lowest BCUT2D eigenvalue weighted by molar-refractivity contribution is -0.176. The van der Waals surface area contributed by atoms with E-state index in [1.807, 2.05) is 6.92 Å². The zero-order valence-corrected chi connectivity index (χ0v) is 10.9. The Labute approximate surface area is 108 Å². The van der Waals surface area contributed by atoms with E-state index in [2.05, 4.69) is 20.3 Å². The Morgan fingerprint density at radius 2 is 2.00 bits per heavy atom. The number of ether oxygens (including phenoxy) is 1. The zero-order chi connectivity index (χ0) is 13.4. The first kappa shape index (κ1) is 15.3. The summed E-state index contributed by atoms with van der Waals surface area (Å²) in [7, 11) is 0. The second-order valence-electron chi connectivity index (χ2n) is 3.65. The van der Waals surface area contributed by atoms with Gasteiger partial charge in [0.15, 0.2) is 0 Å². The third kappa shape index (κ3) is 6.87. The quantitative estimate of drug-likeness (QED) is 0.743. The molecular formula is C10H16F3N3OS. The van der Waals surface area contributed by atoms with Crippen LogP contribution in [0.15, 0.2) is 0 Å². The average Bonchev–Trinajstić information content (AvgIpc) is 2.71. The normalized spacial score (nSPS) is 12.0. The zero-order valence-electron chi connectivity index (χ0n) is 10.1. The molecule has 18 heavy (non-hydrogen) atoms. The summed E-state index contributed by atoms with van der Waals surface area (Å²) in [6, 6.07) is 0. The van der Waals surface area contributed by atoms with E-state index in [1.54, 1.807) is 0 Å². The first-order valence-corrected chi connectivity index (χ1v) is 6.49. The highest BCUT2D eigenvalue weighted by Crippen LogP contribution is 2.17. The van der Waals surface area contributed by atoms with Gasteiger partial charge in [-0.15, -0.1) is 10.2 Å². The fraction of sp³-hybridized carbons (Fsp3) is 0.800. The Morgan fingerprint density at radius 1 is 1.28 bits per heavy atom. The van der Waals surface area contributed by atoms with E-state index in [1.165, 1.54) is 11.3 Å². The molecule has 1 heterocycles. The van der Waals surface area contributed by atoms with E-state index in [0.717, 1.165) is 30.9 Å². The van der Waals surface area contributed by atoms with Crippen molar-refractivity contribution in [1.29, 1.82) is 0 Å². The number of nitrogens with zero attached hydrogens (tertiary/aromatic N) is 2. The summed E-state index contributed by atoms with van der Waals surface area (Å²) in [5.74, 6) is 0. The molecule has 0 bridgehead atoms. The van der Waals surface area contributed by atoms with Crippen LogP contribution in [0, 0.1) is 0 Å². The molecule has 1 rings (SSSR count). The molecule has 1 aromatic heterocycles. The summed E-state index contributed by atoms with van der Waals surface area (Å²) >= 11 is 1.30. The number of hydrogen-bond acceptors (Lipinski definition) is 5. The molecule has 0 amide bonds. The third-order valence-electron chi connectivity index (χ3n) is 1.99. The van der Waals surface area contributed by atoms with Crippen LogP contribution < -0.4 is 5.32 Å². The molecule has 0 radical (unpaired) electrons. The van der Waals surface area contributed by atoms with E-state index in [9.17, 15) is 13.2 Å². The van der Waals surface area contributed by atoms with E-state index in [-0.39, 0.29) is 6.61 Å². The van der Waals surface area contributed by atoms with Crippen molar-refractivity contribution in [2.24, 2.45) is 0 Å². The summed E-state index contributed by atoms with van der Waals surface area (Å²) in [6.07, 6.45) is -2.57. The molecule has 1 N–H and O–H groups in total. The molecule has 104 valence electrons. The number of alkyl halides is 3. The molecule has 0 fully saturated rings. The van der Waals surface area contributed by atoms with Gasteiger partial charge in [0, 0.05) is 6.42 Å². The van der Waals surface area contributed by atoms with Gasteiger partial charge < -0.3 is 10.1 Å². The topological polar surface area (TPSA) is 47.0 Å². The summed E-state index contributed by atoms with van der Waals surface area (Å²) in [5.41, 5.74) is 0. The van der Waals surface area contributed by atoms with Gasteiger partial charge in [-0.25, -0.2) is 0 Å². The predicted molar refractivity (Wildman–Crippen MR) is 62.5 cm³/mol. The average molecular weight is 283 g/mol. The number of aryl methyl sites for hydroxylation is 1. The first-order valence-electron chi connectivity index (χ1n) is 5.67. The minimum absolute atomic E-state index is 0.135. The Bertz CT molecular complexity index is 343. The van der Waals surface area contributed by atoms with Crippen molar-refractivity contribution in [2.75, 3.05) is 19.7 Å². The largest absolute Gasteiger partial charge is 0.411 e. The van der Waals surface area contributed by atoms with Crippen LogP contribution in [0.3, 0.4) is 0 Å². The summed E-state index contributed by atoms with van der Waals surface area (Å²) in [6.45, 7) is 2.47. The number of halogens is 3. The Balaban J connectivity index is 2.21. The van der Waals surface area contributed by atoms with E-state index >= 15 is 0 Å². The lowest BCUT2D eigenvalue weighted by atomic mass is 10.3. The SMILES string of the molecule is CCNCCCc1nnc(COCC(F)(F)F)s1. The van der Waals surface area contributed by atoms with E-state index in [4.69, 9.17) is 0 Å². The highest BCUT2D eigenvalue weighted by molar-refractivity contribution is 7.11. The van der Waals surface area contributed by atoms with Crippen molar-refractivity contribution >= 4 is 11.3 Å². The molecule has 0 saturated carbocycles. The molecule has 0 aliphatic rings. The van der Waals surface area contributed by atoms with Gasteiger partial charge in [-0.05, 0) is 19.5 Å². The maximum absolute atomic E-state index is 11.8. The van der Waals surface area contributed by atoms with E-state index < -0.39 is 12.8 Å². The minimum atomic E-state index is -4.29. The third-order valence-corrected chi connectivity index (χ3v) is 2.95. The van der Waals surface area contributed by atoms with Crippen LogP contribution in [0.1, 0.15) is 23.4 Å². The number of aromatic nitrogens is 2. The Morgan fingerprint density at radius 3 is 2.67 bits per heavy atom. The highest BCUT2D eigenvalue weighted by atomic mass is 32.1. The summed E-state index contributed by atoms with van der Waals surface area (Å²) in [5, 5.41) is 12.2. The van der Waals surface area contributed by atoms with Gasteiger partial charge in [0.25, 0.3) is 0 Å². The Hall–Kier alpha value is -0.730. The molecule has 8 heteroatoms. The van der Waals surface area contributed by atoms with E-state index in [0.29, 0.717) is 5.01 Å². The standard InChI is InChI=1S/C10H16F3N3OS/c1-2-14-5-3-4-8-15-16-9(18-8)6-17-7-10(11,12)13/h14H,2-7H2,1H3. The maximum atomic E-state index is 11.8. The number of nitrogens with one attached hydrogen (secondary N) is 1. The van der Waals surface area contributed by atoms with Crippen molar-refractivity contribution in [3.8, 4) is 0 Å². The van der Waals surface area contributed by atoms with Crippen molar-refractivity contribution in [3.05, 3.63) is 10.0 Å². The van der Waals surface area contributed by atoms with Crippen LogP contribution in [0.4, 0.5) is 13.2 Å². The first-order chi connectivity index (χ1) is 8.51. The smallest absolute Gasteiger partial charge is 0.365 e. The molecule has 0 aliphatic carbocycles. The van der Waals surface area contributed by atoms with Crippen LogP contribution in [-0.2, 0) is 17.8 Å². The van der Waals surface area contributed by atoms with Gasteiger partial charge in [0.05, 0.1) is 0 Å². The predicted octanol–water partition coefficient (Wildman–Crippen LogP) is 2.16. The van der Waals surface area contributed by atoms with Gasteiger partial charge in [-0.2, -0.15) is 13.2 Å². The van der Waals surface area contributed by atoms with Crippen LogP contribution >= 0.6 is 11.3 Å². The van der Waals surface area contributed by atoms with Gasteiger partial charge >= 0.3 is 6.18 Å². The number of rotatable bonds is 8. The van der Waals surface area contributed by atoms with Gasteiger partial charge in [0.1, 0.15) is 23.2 Å². The van der Waals surface area contributed by atoms with Gasteiger partial charge in [-0.3, -0.25) is 0 Å². The maximum Gasteiger partial charge on any atom is 0.411 e. The molecule has 0 aliphatic heterocycles. The highest BCUT2D eigenvalue weighted by Gasteiger charge is 2.27. The van der Waals surface area contributed by atoms with Crippen molar-refractivity contribution in [1.82, 2.24) is 15.5 Å². The van der Waals surface area contributed by atoms with Crippen LogP contribution in [0.2, 0.25) is 0 Å². The fourth-order valence-corrected chi connectivity index (χ4v) is 2.07. The minimum Gasteiger partial charge on any atom is -0.365 e. The van der Waals surface area contributed by atoms with Crippen LogP contribution in [0.25, 0.3) is 0 Å². The van der Waals surface area contributed by atoms with Gasteiger partial charge in [0.2, 0.25) is 0 Å². The second-order valence-corrected chi connectivity index (χ2v) is 4.80. The lowest BCUT2D eigenvalue weighted by Crippen LogP contribution is -2.16. The molecule has 1 aromatic rings. The monoisotopic (exact) mass is 283 g/mol. The lowest BCUT2D eigenvalue weighted by Gasteiger charge is -2.04. The molecule has 0 atom stereocenters. The van der Waals surface area contributed by atoms with Crippen molar-refractivity contribution in [3.63, 3.8) is 0 Å².